The number of allylic oxidation sites excluding steroid dienone is 11. The van der Waals surface area contributed by atoms with Crippen LogP contribution in [0.1, 0.15) is 34.6 Å². The highest BCUT2D eigenvalue weighted by molar-refractivity contribution is 6.06. The first-order valence-electron chi connectivity index (χ1n) is 6.66. The minimum atomic E-state index is -0.0214. The molecule has 0 spiro atoms. The van der Waals surface area contributed by atoms with Crippen LogP contribution in [0.2, 0.25) is 0 Å². The van der Waals surface area contributed by atoms with Crippen molar-refractivity contribution in [1.29, 1.82) is 0 Å². The first-order chi connectivity index (χ1) is 9.19. The maximum Gasteiger partial charge on any atom is 0.185 e. The second kappa shape index (κ2) is 14.2. The Kier molecular flexibility index (Phi) is 14.5. The Hall–Kier alpha value is -1.89. The Morgan fingerprint density at radius 3 is 1.89 bits per heavy atom. The molecule has 0 aromatic carbocycles. The summed E-state index contributed by atoms with van der Waals surface area (Å²) >= 11 is 0. The Labute approximate surface area is 118 Å². The molecule has 0 bridgehead atoms. The van der Waals surface area contributed by atoms with Gasteiger partial charge in [0, 0.05) is 5.57 Å². The molecule has 0 N–H and O–H groups in total. The second-order valence-electron chi connectivity index (χ2n) is 3.34. The molecule has 0 aliphatic heterocycles. The van der Waals surface area contributed by atoms with Gasteiger partial charge in [0.05, 0.1) is 0 Å². The van der Waals surface area contributed by atoms with Gasteiger partial charge in [0.2, 0.25) is 0 Å². The van der Waals surface area contributed by atoms with E-state index in [-0.39, 0.29) is 5.78 Å². The summed E-state index contributed by atoms with van der Waals surface area (Å²) in [5.41, 5.74) is 1.65. The molecule has 104 valence electrons. The van der Waals surface area contributed by atoms with Gasteiger partial charge in [-0.2, -0.15) is 0 Å². The highest BCUT2D eigenvalue weighted by atomic mass is 16.1. The van der Waals surface area contributed by atoms with E-state index in [1.54, 1.807) is 24.3 Å². The molecule has 0 heterocycles. The fourth-order valence-electron chi connectivity index (χ4n) is 1.23. The van der Waals surface area contributed by atoms with Crippen molar-refractivity contribution >= 4 is 5.78 Å². The van der Waals surface area contributed by atoms with Crippen molar-refractivity contribution in [2.45, 2.75) is 34.6 Å². The lowest BCUT2D eigenvalue weighted by molar-refractivity contribution is -0.111. The van der Waals surface area contributed by atoms with Crippen LogP contribution < -0.4 is 0 Å². The second-order valence-corrected chi connectivity index (χ2v) is 3.34. The Bertz CT molecular complexity index is 401. The van der Waals surface area contributed by atoms with Crippen molar-refractivity contribution in [3.05, 3.63) is 72.4 Å². The number of rotatable bonds is 6. The lowest BCUT2D eigenvalue weighted by Gasteiger charge is -1.95. The third-order valence-corrected chi connectivity index (χ3v) is 2.05. The zero-order valence-corrected chi connectivity index (χ0v) is 12.8. The van der Waals surface area contributed by atoms with Gasteiger partial charge in [-0.05, 0) is 32.4 Å². The summed E-state index contributed by atoms with van der Waals surface area (Å²) in [6.45, 7) is 13.4. The first kappa shape index (κ1) is 19.4. The molecule has 0 saturated carbocycles. The minimum Gasteiger partial charge on any atom is -0.289 e. The Morgan fingerprint density at radius 2 is 1.47 bits per heavy atom. The lowest BCUT2D eigenvalue weighted by Crippen LogP contribution is -1.95. The summed E-state index contributed by atoms with van der Waals surface area (Å²) in [5, 5.41) is 0. The molecule has 0 aliphatic rings. The van der Waals surface area contributed by atoms with Gasteiger partial charge in [-0.25, -0.2) is 0 Å². The molecule has 1 nitrogen and oxygen atoms in total. The number of ketones is 1. The van der Waals surface area contributed by atoms with Crippen molar-refractivity contribution < 1.29 is 4.79 Å². The molecule has 0 aromatic rings. The summed E-state index contributed by atoms with van der Waals surface area (Å²) < 4.78 is 0. The van der Waals surface area contributed by atoms with E-state index in [1.807, 2.05) is 65.0 Å². The molecule has 0 radical (unpaired) electrons. The predicted molar refractivity (Wildman–Crippen MR) is 87.2 cm³/mol. The monoisotopic (exact) mass is 258 g/mol. The maximum atomic E-state index is 11.8. The number of carbonyl (C=O) groups is 1. The highest BCUT2D eigenvalue weighted by Gasteiger charge is 2.00. The SMILES string of the molecule is C=C/C=C(\C=C/C)C(=O)/C=C/C(/C=C\C)=C/C.CC. The fourth-order valence-corrected chi connectivity index (χ4v) is 1.23. The van der Waals surface area contributed by atoms with Gasteiger partial charge in [0.25, 0.3) is 0 Å². The largest absolute Gasteiger partial charge is 0.289 e. The van der Waals surface area contributed by atoms with Gasteiger partial charge in [-0.1, -0.05) is 69.0 Å². The third-order valence-electron chi connectivity index (χ3n) is 2.05. The van der Waals surface area contributed by atoms with Crippen molar-refractivity contribution in [3.8, 4) is 0 Å². The van der Waals surface area contributed by atoms with E-state index >= 15 is 0 Å². The average molecular weight is 258 g/mol. The number of hydrogen-bond acceptors (Lipinski definition) is 1. The highest BCUT2D eigenvalue weighted by Crippen LogP contribution is 2.04. The maximum absolute atomic E-state index is 11.8. The predicted octanol–water partition coefficient (Wildman–Crippen LogP) is 5.35. The molecule has 0 aliphatic carbocycles. The van der Waals surface area contributed by atoms with E-state index in [0.717, 1.165) is 5.57 Å². The van der Waals surface area contributed by atoms with Crippen LogP contribution >= 0.6 is 0 Å². The topological polar surface area (TPSA) is 17.1 Å². The van der Waals surface area contributed by atoms with E-state index in [4.69, 9.17) is 0 Å². The Morgan fingerprint density at radius 1 is 0.895 bits per heavy atom. The smallest absolute Gasteiger partial charge is 0.185 e. The molecule has 0 aromatic heterocycles. The zero-order chi connectivity index (χ0) is 15.1. The molecule has 0 atom stereocenters. The minimum absolute atomic E-state index is 0.0214. The summed E-state index contributed by atoms with van der Waals surface area (Å²) in [6.07, 6.45) is 16.2. The average Bonchev–Trinajstić information content (AvgIpc) is 2.45. The quantitative estimate of drug-likeness (QED) is 0.463. The summed E-state index contributed by atoms with van der Waals surface area (Å²) in [6, 6.07) is 0. The molecule has 0 unspecified atom stereocenters. The van der Waals surface area contributed by atoms with Gasteiger partial charge < -0.3 is 0 Å². The lowest BCUT2D eigenvalue weighted by atomic mass is 10.1. The van der Waals surface area contributed by atoms with Gasteiger partial charge in [0.15, 0.2) is 5.78 Å². The molecule has 1 heteroatoms. The molecule has 19 heavy (non-hydrogen) atoms. The molecular weight excluding hydrogens is 232 g/mol. The van der Waals surface area contributed by atoms with Crippen molar-refractivity contribution in [2.24, 2.45) is 0 Å². The molecule has 0 fully saturated rings. The van der Waals surface area contributed by atoms with Crippen LogP contribution in [0.3, 0.4) is 0 Å². The van der Waals surface area contributed by atoms with Crippen molar-refractivity contribution in [3.63, 3.8) is 0 Å². The fraction of sp³-hybridized carbons (Fsp3) is 0.278. The van der Waals surface area contributed by atoms with Gasteiger partial charge >= 0.3 is 0 Å². The van der Waals surface area contributed by atoms with Crippen molar-refractivity contribution in [1.82, 2.24) is 0 Å². The van der Waals surface area contributed by atoms with Gasteiger partial charge in [-0.15, -0.1) is 0 Å². The number of hydrogen-bond donors (Lipinski definition) is 0. The van der Waals surface area contributed by atoms with Crippen LogP contribution in [0.25, 0.3) is 0 Å². The van der Waals surface area contributed by atoms with Gasteiger partial charge in [-0.3, -0.25) is 4.79 Å². The Balaban J connectivity index is 0. The van der Waals surface area contributed by atoms with E-state index < -0.39 is 0 Å². The number of carbonyl (C=O) groups excluding carboxylic acids is 1. The van der Waals surface area contributed by atoms with E-state index in [9.17, 15) is 4.79 Å². The van der Waals surface area contributed by atoms with Crippen molar-refractivity contribution in [2.75, 3.05) is 0 Å². The molecular formula is C18H26O. The van der Waals surface area contributed by atoms with Crippen LogP contribution in [-0.4, -0.2) is 5.78 Å². The van der Waals surface area contributed by atoms with Crippen LogP contribution in [0.5, 0.6) is 0 Å². The summed E-state index contributed by atoms with van der Waals surface area (Å²) in [4.78, 5) is 11.8. The standard InChI is InChI=1S/C16H20O.C2H6/c1-5-9-14(8-4)12-13-16(17)15(10-6-2)11-7-3;1-2/h5-13H,2H2,1,3-4H3;1-2H3/b9-5-,11-7-,13-12+,14-8+,15-10+;. The van der Waals surface area contributed by atoms with E-state index in [2.05, 4.69) is 6.58 Å². The first-order valence-corrected chi connectivity index (χ1v) is 6.66. The van der Waals surface area contributed by atoms with E-state index in [0.29, 0.717) is 5.57 Å². The summed E-state index contributed by atoms with van der Waals surface area (Å²) in [5.74, 6) is -0.0214. The molecule has 0 saturated heterocycles. The third kappa shape index (κ3) is 9.78. The van der Waals surface area contributed by atoms with Crippen LogP contribution in [0.15, 0.2) is 72.4 Å². The molecule has 0 amide bonds. The van der Waals surface area contributed by atoms with Crippen LogP contribution in [-0.2, 0) is 4.79 Å². The molecule has 0 rings (SSSR count). The zero-order valence-electron chi connectivity index (χ0n) is 12.8. The van der Waals surface area contributed by atoms with E-state index in [1.165, 1.54) is 0 Å². The normalized spacial score (nSPS) is 12.9. The van der Waals surface area contributed by atoms with Crippen LogP contribution in [0.4, 0.5) is 0 Å². The van der Waals surface area contributed by atoms with Crippen LogP contribution in [0, 0.1) is 0 Å². The summed E-state index contributed by atoms with van der Waals surface area (Å²) in [7, 11) is 0. The van der Waals surface area contributed by atoms with Gasteiger partial charge in [0.1, 0.15) is 0 Å².